The van der Waals surface area contributed by atoms with E-state index in [4.69, 9.17) is 21.4 Å². The first kappa shape index (κ1) is 12.9. The molecule has 1 aromatic carbocycles. The third kappa shape index (κ3) is 2.49. The number of benzene rings is 1. The molecular weight excluding hydrogens is 252 g/mol. The van der Waals surface area contributed by atoms with Crippen LogP contribution < -0.4 is 4.74 Å². The van der Waals surface area contributed by atoms with Crippen LogP contribution in [0.5, 0.6) is 5.75 Å². The zero-order valence-corrected chi connectivity index (χ0v) is 11.1. The van der Waals surface area contributed by atoms with Crippen LogP contribution in [-0.2, 0) is 6.42 Å². The Labute approximate surface area is 111 Å². The molecule has 2 aromatic rings. The molecule has 0 spiro atoms. The first-order valence-corrected chi connectivity index (χ1v) is 6.03. The first-order chi connectivity index (χ1) is 8.65. The van der Waals surface area contributed by atoms with Crippen LogP contribution >= 0.6 is 11.6 Å². The Hall–Kier alpha value is -1.52. The topological polar surface area (TPSA) is 58.1 Å². The smallest absolute Gasteiger partial charge is 0.150 e. The fourth-order valence-corrected chi connectivity index (χ4v) is 2.03. The molecule has 0 radical (unpaired) electrons. The van der Waals surface area contributed by atoms with E-state index >= 15 is 0 Å². The maximum Gasteiger partial charge on any atom is 0.150 e. The molecule has 1 aromatic heterocycles. The molecule has 4 nitrogen and oxygen atoms in total. The third-order valence-electron chi connectivity index (χ3n) is 2.70. The molecule has 96 valence electrons. The number of aliphatic hydroxyl groups is 1. The van der Waals surface area contributed by atoms with Crippen LogP contribution in [0.15, 0.2) is 18.2 Å². The van der Waals surface area contributed by atoms with Crippen molar-refractivity contribution < 1.29 is 9.84 Å². The number of ether oxygens (including phenoxy) is 1. The molecule has 2 N–H and O–H groups in total. The highest BCUT2D eigenvalue weighted by Crippen LogP contribution is 2.30. The molecule has 0 fully saturated rings. The van der Waals surface area contributed by atoms with Gasteiger partial charge in [-0.3, -0.25) is 0 Å². The lowest BCUT2D eigenvalue weighted by Crippen LogP contribution is -1.92. The molecule has 18 heavy (non-hydrogen) atoms. The molecular formula is C13H15ClN2O2. The van der Waals surface area contributed by atoms with E-state index in [1.54, 1.807) is 7.11 Å². The van der Waals surface area contributed by atoms with Crippen LogP contribution in [0.1, 0.15) is 11.3 Å². The van der Waals surface area contributed by atoms with Gasteiger partial charge >= 0.3 is 0 Å². The van der Waals surface area contributed by atoms with Gasteiger partial charge in [-0.05, 0) is 19.1 Å². The number of halogens is 1. The Bertz CT molecular complexity index is 552. The number of aromatic amines is 1. The second-order valence-electron chi connectivity index (χ2n) is 4.03. The van der Waals surface area contributed by atoms with Gasteiger partial charge in [0.1, 0.15) is 11.6 Å². The summed E-state index contributed by atoms with van der Waals surface area (Å²) in [4.78, 5) is 7.39. The van der Waals surface area contributed by atoms with Crippen molar-refractivity contribution in [2.24, 2.45) is 0 Å². The molecule has 0 atom stereocenters. The van der Waals surface area contributed by atoms with Crippen LogP contribution in [0.4, 0.5) is 0 Å². The van der Waals surface area contributed by atoms with Crippen molar-refractivity contribution in [3.63, 3.8) is 0 Å². The highest BCUT2D eigenvalue weighted by molar-refractivity contribution is 6.30. The summed E-state index contributed by atoms with van der Waals surface area (Å²) in [6.07, 6.45) is 0.458. The summed E-state index contributed by atoms with van der Waals surface area (Å²) in [5, 5.41) is 9.33. The van der Waals surface area contributed by atoms with Gasteiger partial charge in [-0.25, -0.2) is 4.98 Å². The number of aromatic nitrogens is 2. The lowest BCUT2D eigenvalue weighted by molar-refractivity contribution is 0.298. The van der Waals surface area contributed by atoms with E-state index in [0.29, 0.717) is 17.4 Å². The highest BCUT2D eigenvalue weighted by atomic mass is 35.5. The quantitative estimate of drug-likeness (QED) is 0.894. The summed E-state index contributed by atoms with van der Waals surface area (Å²) >= 11 is 6.01. The first-order valence-electron chi connectivity index (χ1n) is 5.66. The van der Waals surface area contributed by atoms with Gasteiger partial charge in [0.25, 0.3) is 0 Å². The zero-order chi connectivity index (χ0) is 13.1. The van der Waals surface area contributed by atoms with Gasteiger partial charge in [-0.15, -0.1) is 0 Å². The monoisotopic (exact) mass is 266 g/mol. The van der Waals surface area contributed by atoms with E-state index in [9.17, 15) is 0 Å². The number of hydrogen-bond acceptors (Lipinski definition) is 3. The lowest BCUT2D eigenvalue weighted by Gasteiger charge is -2.06. The lowest BCUT2D eigenvalue weighted by atomic mass is 10.1. The minimum absolute atomic E-state index is 0.0340. The predicted molar refractivity (Wildman–Crippen MR) is 71.1 cm³/mol. The van der Waals surface area contributed by atoms with Crippen LogP contribution in [0.3, 0.4) is 0 Å². The van der Waals surface area contributed by atoms with Gasteiger partial charge in [0, 0.05) is 13.0 Å². The molecule has 0 aliphatic heterocycles. The number of imidazole rings is 1. The van der Waals surface area contributed by atoms with E-state index in [0.717, 1.165) is 22.6 Å². The van der Waals surface area contributed by atoms with Gasteiger partial charge in [0.2, 0.25) is 0 Å². The summed E-state index contributed by atoms with van der Waals surface area (Å²) in [6, 6.07) is 5.85. The number of nitrogens with one attached hydrogen (secondary N) is 1. The molecule has 5 heteroatoms. The summed E-state index contributed by atoms with van der Waals surface area (Å²) in [6.45, 7) is 2.04. The number of methoxy groups -OCH3 is 1. The van der Waals surface area contributed by atoms with Crippen molar-refractivity contribution >= 4 is 11.6 Å². The fourth-order valence-electron chi connectivity index (χ4n) is 1.80. The molecule has 0 unspecified atom stereocenters. The fraction of sp³-hybridized carbons (Fsp3) is 0.308. The molecule has 0 amide bonds. The van der Waals surface area contributed by atoms with Crippen molar-refractivity contribution in [2.75, 3.05) is 13.7 Å². The van der Waals surface area contributed by atoms with Crippen LogP contribution in [-0.4, -0.2) is 28.8 Å². The Morgan fingerprint density at radius 2 is 2.22 bits per heavy atom. The van der Waals surface area contributed by atoms with Gasteiger partial charge < -0.3 is 14.8 Å². The van der Waals surface area contributed by atoms with E-state index in [-0.39, 0.29) is 6.61 Å². The summed E-state index contributed by atoms with van der Waals surface area (Å²) in [5.74, 6) is 1.39. The largest absolute Gasteiger partial charge is 0.496 e. The van der Waals surface area contributed by atoms with E-state index < -0.39 is 0 Å². The van der Waals surface area contributed by atoms with Crippen molar-refractivity contribution in [1.29, 1.82) is 0 Å². The predicted octanol–water partition coefficient (Wildman–Crippen LogP) is 2.58. The average Bonchev–Trinajstić information content (AvgIpc) is 2.71. The van der Waals surface area contributed by atoms with Crippen molar-refractivity contribution in [3.05, 3.63) is 34.6 Å². The highest BCUT2D eigenvalue weighted by Gasteiger charge is 2.13. The SMILES string of the molecule is COc1ccc(C)cc1-c1nc(Cl)c(CCO)[nH]1. The second kappa shape index (κ2) is 5.42. The summed E-state index contributed by atoms with van der Waals surface area (Å²) in [5.41, 5.74) is 2.71. The number of aryl methyl sites for hydroxylation is 1. The molecule has 0 aliphatic carbocycles. The third-order valence-corrected chi connectivity index (χ3v) is 3.01. The minimum Gasteiger partial charge on any atom is -0.496 e. The maximum absolute atomic E-state index is 8.94. The summed E-state index contributed by atoms with van der Waals surface area (Å²) in [7, 11) is 1.62. The Morgan fingerprint density at radius 3 is 2.89 bits per heavy atom. The van der Waals surface area contributed by atoms with Crippen LogP contribution in [0.2, 0.25) is 5.15 Å². The van der Waals surface area contributed by atoms with E-state index in [1.165, 1.54) is 0 Å². The van der Waals surface area contributed by atoms with Crippen LogP contribution in [0.25, 0.3) is 11.4 Å². The average molecular weight is 267 g/mol. The molecule has 2 rings (SSSR count). The van der Waals surface area contributed by atoms with Crippen molar-refractivity contribution in [2.45, 2.75) is 13.3 Å². The molecule has 0 aliphatic rings. The number of H-pyrrole nitrogens is 1. The van der Waals surface area contributed by atoms with Gasteiger partial charge in [0.05, 0.1) is 18.4 Å². The molecule has 1 heterocycles. The van der Waals surface area contributed by atoms with Gasteiger partial charge in [-0.2, -0.15) is 0 Å². The van der Waals surface area contributed by atoms with E-state index in [1.807, 2.05) is 25.1 Å². The number of aliphatic hydroxyl groups excluding tert-OH is 1. The van der Waals surface area contributed by atoms with E-state index in [2.05, 4.69) is 9.97 Å². The van der Waals surface area contributed by atoms with Crippen molar-refractivity contribution in [3.8, 4) is 17.1 Å². The standard InChI is InChI=1S/C13H15ClN2O2/c1-8-3-4-11(18-2)9(7-8)13-15-10(5-6-17)12(14)16-13/h3-4,7,17H,5-6H2,1-2H3,(H,15,16). The number of nitrogens with zero attached hydrogens (tertiary/aromatic N) is 1. The number of hydrogen-bond donors (Lipinski definition) is 2. The Morgan fingerprint density at radius 1 is 1.44 bits per heavy atom. The van der Waals surface area contributed by atoms with Crippen LogP contribution in [0, 0.1) is 6.92 Å². The van der Waals surface area contributed by atoms with Crippen molar-refractivity contribution in [1.82, 2.24) is 9.97 Å². The van der Waals surface area contributed by atoms with Gasteiger partial charge in [0.15, 0.2) is 5.15 Å². The normalized spacial score (nSPS) is 10.7. The number of rotatable bonds is 4. The minimum atomic E-state index is 0.0340. The Balaban J connectivity index is 2.47. The Kier molecular flexibility index (Phi) is 3.89. The molecule has 0 saturated heterocycles. The van der Waals surface area contributed by atoms with Gasteiger partial charge in [-0.1, -0.05) is 23.2 Å². The molecule has 0 saturated carbocycles. The molecule has 0 bridgehead atoms. The summed E-state index contributed by atoms with van der Waals surface area (Å²) < 4.78 is 5.31. The zero-order valence-electron chi connectivity index (χ0n) is 10.3. The maximum atomic E-state index is 8.94. The second-order valence-corrected chi connectivity index (χ2v) is 4.39.